The third-order valence-electron chi connectivity index (χ3n) is 3.21. The number of hydrogen-bond acceptors (Lipinski definition) is 0. The minimum absolute atomic E-state index is 0.217. The highest BCUT2D eigenvalue weighted by atomic mass is 79.9. The molecule has 0 saturated carbocycles. The van der Waals surface area contributed by atoms with Crippen molar-refractivity contribution < 1.29 is 4.39 Å². The first-order valence-electron chi connectivity index (χ1n) is 6.17. The zero-order valence-electron chi connectivity index (χ0n) is 10.7. The molecule has 0 amide bonds. The first-order chi connectivity index (χ1) is 9.11. The Kier molecular flexibility index (Phi) is 5.00. The van der Waals surface area contributed by atoms with Gasteiger partial charge in [-0.3, -0.25) is 0 Å². The average Bonchev–Trinajstić information content (AvgIpc) is 2.38. The summed E-state index contributed by atoms with van der Waals surface area (Å²) < 4.78 is 13.8. The fourth-order valence-electron chi connectivity index (χ4n) is 2.16. The first-order valence-corrected chi connectivity index (χ1v) is 7.67. The van der Waals surface area contributed by atoms with Crippen molar-refractivity contribution in [3.8, 4) is 0 Å². The van der Waals surface area contributed by atoms with Crippen LogP contribution in [-0.2, 0) is 6.42 Å². The lowest BCUT2D eigenvalue weighted by Gasteiger charge is -2.16. The Bertz CT molecular complexity index is 548. The first kappa shape index (κ1) is 14.5. The summed E-state index contributed by atoms with van der Waals surface area (Å²) >= 11 is 9.61. The molecule has 0 aliphatic rings. The number of benzene rings is 2. The molecule has 0 spiro atoms. The third kappa shape index (κ3) is 3.58. The van der Waals surface area contributed by atoms with Gasteiger partial charge < -0.3 is 0 Å². The van der Waals surface area contributed by atoms with Crippen molar-refractivity contribution >= 4 is 27.5 Å². The van der Waals surface area contributed by atoms with Crippen LogP contribution in [0.15, 0.2) is 42.5 Å². The SMILES string of the molecule is Cc1cccc(C(CBr)Cc2c(F)cccc2Cl)c1. The fourth-order valence-corrected chi connectivity index (χ4v) is 3.00. The molecule has 0 saturated heterocycles. The number of halogens is 3. The largest absolute Gasteiger partial charge is 0.207 e. The van der Waals surface area contributed by atoms with Gasteiger partial charge in [-0.1, -0.05) is 63.4 Å². The molecule has 0 N–H and O–H groups in total. The van der Waals surface area contributed by atoms with Crippen molar-refractivity contribution in [3.05, 3.63) is 70.0 Å². The molecule has 2 rings (SSSR count). The highest BCUT2D eigenvalue weighted by molar-refractivity contribution is 9.09. The van der Waals surface area contributed by atoms with E-state index in [1.54, 1.807) is 12.1 Å². The second-order valence-electron chi connectivity index (χ2n) is 4.67. The molecule has 2 aromatic carbocycles. The Morgan fingerprint density at radius 1 is 1.21 bits per heavy atom. The highest BCUT2D eigenvalue weighted by Crippen LogP contribution is 2.28. The van der Waals surface area contributed by atoms with E-state index in [4.69, 9.17) is 11.6 Å². The molecule has 2 aromatic rings. The Morgan fingerprint density at radius 3 is 2.58 bits per heavy atom. The molecule has 1 atom stereocenters. The van der Waals surface area contributed by atoms with Crippen LogP contribution in [0.1, 0.15) is 22.6 Å². The zero-order valence-corrected chi connectivity index (χ0v) is 13.0. The summed E-state index contributed by atoms with van der Waals surface area (Å²) in [7, 11) is 0. The predicted molar refractivity (Wildman–Crippen MR) is 82.8 cm³/mol. The van der Waals surface area contributed by atoms with Gasteiger partial charge in [0.25, 0.3) is 0 Å². The molecule has 0 nitrogen and oxygen atoms in total. The number of aryl methyl sites for hydroxylation is 1. The van der Waals surface area contributed by atoms with Gasteiger partial charge in [-0.05, 0) is 37.0 Å². The van der Waals surface area contributed by atoms with Gasteiger partial charge in [0.05, 0.1) is 0 Å². The Labute approximate surface area is 126 Å². The maximum atomic E-state index is 13.8. The van der Waals surface area contributed by atoms with E-state index in [1.165, 1.54) is 17.2 Å². The second-order valence-corrected chi connectivity index (χ2v) is 5.72. The summed E-state index contributed by atoms with van der Waals surface area (Å²) in [6.07, 6.45) is 0.597. The van der Waals surface area contributed by atoms with Crippen molar-refractivity contribution in [1.29, 1.82) is 0 Å². The molecular weight excluding hydrogens is 327 g/mol. The van der Waals surface area contributed by atoms with Crippen molar-refractivity contribution in [2.45, 2.75) is 19.3 Å². The van der Waals surface area contributed by atoms with E-state index in [-0.39, 0.29) is 11.7 Å². The summed E-state index contributed by atoms with van der Waals surface area (Å²) in [5, 5.41) is 1.28. The van der Waals surface area contributed by atoms with Gasteiger partial charge in [0, 0.05) is 15.9 Å². The quantitative estimate of drug-likeness (QED) is 0.643. The lowest BCUT2D eigenvalue weighted by Crippen LogP contribution is -2.06. The number of hydrogen-bond donors (Lipinski definition) is 0. The second kappa shape index (κ2) is 6.53. The minimum atomic E-state index is -0.230. The molecule has 0 aromatic heterocycles. The molecule has 19 heavy (non-hydrogen) atoms. The molecule has 0 bridgehead atoms. The van der Waals surface area contributed by atoms with E-state index in [0.29, 0.717) is 17.0 Å². The summed E-state index contributed by atoms with van der Waals surface area (Å²) in [5.41, 5.74) is 3.01. The van der Waals surface area contributed by atoms with E-state index in [9.17, 15) is 4.39 Å². The van der Waals surface area contributed by atoms with Crippen LogP contribution in [0.2, 0.25) is 5.02 Å². The van der Waals surface area contributed by atoms with Crippen LogP contribution in [0.5, 0.6) is 0 Å². The van der Waals surface area contributed by atoms with Gasteiger partial charge >= 0.3 is 0 Å². The van der Waals surface area contributed by atoms with Crippen LogP contribution < -0.4 is 0 Å². The molecule has 0 aliphatic carbocycles. The molecule has 0 heterocycles. The topological polar surface area (TPSA) is 0 Å². The Balaban J connectivity index is 2.29. The predicted octanol–water partition coefficient (Wildman–Crippen LogP) is 5.51. The van der Waals surface area contributed by atoms with Crippen molar-refractivity contribution in [2.24, 2.45) is 0 Å². The van der Waals surface area contributed by atoms with Crippen LogP contribution >= 0.6 is 27.5 Å². The molecule has 3 heteroatoms. The van der Waals surface area contributed by atoms with Crippen LogP contribution in [0.25, 0.3) is 0 Å². The minimum Gasteiger partial charge on any atom is -0.207 e. The summed E-state index contributed by atoms with van der Waals surface area (Å²) in [6.45, 7) is 2.06. The number of rotatable bonds is 4. The molecule has 0 fully saturated rings. The molecule has 100 valence electrons. The average molecular weight is 342 g/mol. The highest BCUT2D eigenvalue weighted by Gasteiger charge is 2.16. The van der Waals surface area contributed by atoms with Crippen molar-refractivity contribution in [1.82, 2.24) is 0 Å². The maximum Gasteiger partial charge on any atom is 0.127 e. The van der Waals surface area contributed by atoms with E-state index in [1.807, 2.05) is 6.07 Å². The molecule has 0 aliphatic heterocycles. The Hall–Kier alpha value is -0.860. The van der Waals surface area contributed by atoms with Crippen LogP contribution in [-0.4, -0.2) is 5.33 Å². The van der Waals surface area contributed by atoms with Crippen LogP contribution in [0, 0.1) is 12.7 Å². The van der Waals surface area contributed by atoms with Gasteiger partial charge in [-0.15, -0.1) is 0 Å². The molecule has 1 unspecified atom stereocenters. The van der Waals surface area contributed by atoms with Gasteiger partial charge in [0.15, 0.2) is 0 Å². The summed E-state index contributed by atoms with van der Waals surface area (Å²) in [4.78, 5) is 0. The normalized spacial score (nSPS) is 12.4. The monoisotopic (exact) mass is 340 g/mol. The van der Waals surface area contributed by atoms with Crippen LogP contribution in [0.3, 0.4) is 0 Å². The van der Waals surface area contributed by atoms with E-state index in [0.717, 1.165) is 5.33 Å². The third-order valence-corrected chi connectivity index (χ3v) is 4.35. The maximum absolute atomic E-state index is 13.8. The van der Waals surface area contributed by atoms with Crippen molar-refractivity contribution in [2.75, 3.05) is 5.33 Å². The van der Waals surface area contributed by atoms with Crippen molar-refractivity contribution in [3.63, 3.8) is 0 Å². The lowest BCUT2D eigenvalue weighted by molar-refractivity contribution is 0.599. The fraction of sp³-hybridized carbons (Fsp3) is 0.250. The van der Waals surface area contributed by atoms with Gasteiger partial charge in [-0.25, -0.2) is 4.39 Å². The Morgan fingerprint density at radius 2 is 1.95 bits per heavy atom. The number of alkyl halides is 1. The van der Waals surface area contributed by atoms with Gasteiger partial charge in [0.2, 0.25) is 0 Å². The van der Waals surface area contributed by atoms with E-state index in [2.05, 4.69) is 41.1 Å². The van der Waals surface area contributed by atoms with Gasteiger partial charge in [-0.2, -0.15) is 0 Å². The van der Waals surface area contributed by atoms with Gasteiger partial charge in [0.1, 0.15) is 5.82 Å². The molecule has 0 radical (unpaired) electrons. The smallest absolute Gasteiger partial charge is 0.127 e. The standard InChI is InChI=1S/C16H15BrClF/c1-11-4-2-5-12(8-11)13(10-17)9-14-15(18)6-3-7-16(14)19/h2-8,13H,9-10H2,1H3. The van der Waals surface area contributed by atoms with E-state index >= 15 is 0 Å². The molecular formula is C16H15BrClF. The van der Waals surface area contributed by atoms with E-state index < -0.39 is 0 Å². The lowest BCUT2D eigenvalue weighted by atomic mass is 9.92. The summed E-state index contributed by atoms with van der Waals surface area (Å²) in [5.74, 6) is -0.0135. The van der Waals surface area contributed by atoms with Crippen LogP contribution in [0.4, 0.5) is 4.39 Å². The summed E-state index contributed by atoms with van der Waals surface area (Å²) in [6, 6.07) is 13.1. The zero-order chi connectivity index (χ0) is 13.8.